The number of benzene rings is 2. The molecule has 5 heteroatoms. The maximum Gasteiger partial charge on any atom is 0.252 e. The first-order chi connectivity index (χ1) is 8.99. The number of aryl methyl sites for hydroxylation is 1. The molecule has 2 aromatic carbocycles. The molecule has 4 nitrogen and oxygen atoms in total. The summed E-state index contributed by atoms with van der Waals surface area (Å²) in [5, 5.41) is 0. The molecule has 0 fully saturated rings. The van der Waals surface area contributed by atoms with Crippen LogP contribution in [0.3, 0.4) is 0 Å². The first-order valence-electron chi connectivity index (χ1n) is 5.61. The van der Waals surface area contributed by atoms with Crippen LogP contribution in [-0.2, 0) is 0 Å². The smallest absolute Gasteiger partial charge is 0.252 e. The molecule has 0 spiro atoms. The van der Waals surface area contributed by atoms with Crippen LogP contribution in [0.5, 0.6) is 11.5 Å². The number of halogens is 1. The number of nitrogen functional groups attached to an aromatic ring is 1. The fraction of sp³-hybridized carbons (Fsp3) is 0.0714. The van der Waals surface area contributed by atoms with Crippen LogP contribution in [0, 0.1) is 12.7 Å². The van der Waals surface area contributed by atoms with Gasteiger partial charge in [-0.15, -0.1) is 0 Å². The van der Waals surface area contributed by atoms with Crippen molar-refractivity contribution in [2.24, 2.45) is 5.73 Å². The monoisotopic (exact) mass is 260 g/mol. The first-order valence-corrected chi connectivity index (χ1v) is 5.61. The number of carbonyl (C=O) groups is 1. The first kappa shape index (κ1) is 12.9. The van der Waals surface area contributed by atoms with E-state index < -0.39 is 11.7 Å². The van der Waals surface area contributed by atoms with E-state index in [9.17, 15) is 9.18 Å². The second kappa shape index (κ2) is 4.97. The van der Waals surface area contributed by atoms with Gasteiger partial charge in [-0.05, 0) is 30.7 Å². The van der Waals surface area contributed by atoms with Gasteiger partial charge in [-0.2, -0.15) is 0 Å². The average molecular weight is 260 g/mol. The minimum atomic E-state index is -0.658. The summed E-state index contributed by atoms with van der Waals surface area (Å²) >= 11 is 0. The molecule has 2 aromatic rings. The molecule has 0 bridgehead atoms. The highest BCUT2D eigenvalue weighted by Crippen LogP contribution is 2.31. The van der Waals surface area contributed by atoms with Crippen LogP contribution in [0.25, 0.3) is 0 Å². The van der Waals surface area contributed by atoms with Gasteiger partial charge >= 0.3 is 0 Å². The Balaban J connectivity index is 2.42. The molecule has 0 saturated carbocycles. The van der Waals surface area contributed by atoms with Crippen molar-refractivity contribution in [2.45, 2.75) is 6.92 Å². The van der Waals surface area contributed by atoms with E-state index in [-0.39, 0.29) is 22.7 Å². The summed E-state index contributed by atoms with van der Waals surface area (Å²) in [6, 6.07) is 9.07. The molecule has 0 unspecified atom stereocenters. The van der Waals surface area contributed by atoms with Gasteiger partial charge in [-0.3, -0.25) is 4.79 Å². The molecule has 0 aromatic heterocycles. The summed E-state index contributed by atoms with van der Waals surface area (Å²) in [7, 11) is 0. The number of para-hydroxylation sites is 1. The van der Waals surface area contributed by atoms with Crippen LogP contribution in [0.4, 0.5) is 10.1 Å². The molecule has 2 rings (SSSR count). The van der Waals surface area contributed by atoms with Crippen LogP contribution < -0.4 is 16.2 Å². The zero-order valence-electron chi connectivity index (χ0n) is 10.3. The van der Waals surface area contributed by atoms with Crippen molar-refractivity contribution in [3.63, 3.8) is 0 Å². The largest absolute Gasteiger partial charge is 0.454 e. The van der Waals surface area contributed by atoms with Crippen molar-refractivity contribution >= 4 is 11.6 Å². The fourth-order valence-electron chi connectivity index (χ4n) is 1.62. The molecule has 0 aliphatic rings. The van der Waals surface area contributed by atoms with Crippen molar-refractivity contribution < 1.29 is 13.9 Å². The lowest BCUT2D eigenvalue weighted by Gasteiger charge is -2.12. The molecule has 98 valence electrons. The molecule has 0 aliphatic heterocycles. The van der Waals surface area contributed by atoms with Gasteiger partial charge in [0.1, 0.15) is 11.6 Å². The topological polar surface area (TPSA) is 78.3 Å². The summed E-state index contributed by atoms with van der Waals surface area (Å²) in [5.74, 6) is -0.663. The van der Waals surface area contributed by atoms with E-state index in [0.29, 0.717) is 5.56 Å². The molecular formula is C14H13FN2O2. The summed E-state index contributed by atoms with van der Waals surface area (Å²) in [4.78, 5) is 11.3. The Labute approximate surface area is 109 Å². The van der Waals surface area contributed by atoms with Crippen molar-refractivity contribution in [3.05, 3.63) is 53.3 Å². The highest BCUT2D eigenvalue weighted by molar-refractivity contribution is 5.97. The van der Waals surface area contributed by atoms with Gasteiger partial charge in [-0.1, -0.05) is 12.1 Å². The van der Waals surface area contributed by atoms with Gasteiger partial charge in [0.2, 0.25) is 0 Å². The molecule has 0 radical (unpaired) electrons. The van der Waals surface area contributed by atoms with Gasteiger partial charge in [0.25, 0.3) is 5.91 Å². The van der Waals surface area contributed by atoms with Gasteiger partial charge in [0.05, 0.1) is 11.3 Å². The lowest BCUT2D eigenvalue weighted by molar-refractivity contribution is 0.0998. The van der Waals surface area contributed by atoms with E-state index in [1.807, 2.05) is 0 Å². The number of carbonyl (C=O) groups excluding carboxylic acids is 1. The molecule has 0 saturated heterocycles. The lowest BCUT2D eigenvalue weighted by atomic mass is 10.1. The Bertz CT molecular complexity index is 641. The quantitative estimate of drug-likeness (QED) is 0.832. The summed E-state index contributed by atoms with van der Waals surface area (Å²) in [6.07, 6.45) is 0. The molecule has 0 aliphatic carbocycles. The second-order valence-corrected chi connectivity index (χ2v) is 4.10. The van der Waals surface area contributed by atoms with Crippen molar-refractivity contribution in [1.29, 1.82) is 0 Å². The summed E-state index contributed by atoms with van der Waals surface area (Å²) in [5.41, 5.74) is 11.9. The lowest BCUT2D eigenvalue weighted by Crippen LogP contribution is -2.13. The van der Waals surface area contributed by atoms with Crippen LogP contribution >= 0.6 is 0 Å². The molecule has 0 atom stereocenters. The second-order valence-electron chi connectivity index (χ2n) is 4.10. The fourth-order valence-corrected chi connectivity index (χ4v) is 1.62. The number of anilines is 1. The number of nitrogens with two attached hydrogens (primary N) is 2. The highest BCUT2D eigenvalue weighted by Gasteiger charge is 2.13. The Morgan fingerprint density at radius 1 is 1.26 bits per heavy atom. The zero-order valence-corrected chi connectivity index (χ0v) is 10.3. The Morgan fingerprint density at radius 2 is 2.00 bits per heavy atom. The van der Waals surface area contributed by atoms with Crippen LogP contribution in [-0.4, -0.2) is 5.91 Å². The average Bonchev–Trinajstić information content (AvgIpc) is 2.36. The minimum Gasteiger partial charge on any atom is -0.454 e. The number of amides is 1. The maximum absolute atomic E-state index is 13.4. The normalized spacial score (nSPS) is 10.2. The highest BCUT2D eigenvalue weighted by atomic mass is 19.1. The van der Waals surface area contributed by atoms with Crippen LogP contribution in [0.2, 0.25) is 0 Å². The van der Waals surface area contributed by atoms with E-state index in [2.05, 4.69) is 0 Å². The Hall–Kier alpha value is -2.56. The predicted molar refractivity (Wildman–Crippen MR) is 70.6 cm³/mol. The Morgan fingerprint density at radius 3 is 2.63 bits per heavy atom. The van der Waals surface area contributed by atoms with Gasteiger partial charge in [0, 0.05) is 6.07 Å². The third-order valence-corrected chi connectivity index (χ3v) is 2.67. The van der Waals surface area contributed by atoms with E-state index in [1.54, 1.807) is 31.2 Å². The predicted octanol–water partition coefficient (Wildman–Crippen LogP) is 2.61. The SMILES string of the molecule is Cc1ccc(Oc2c(N)cccc2C(N)=O)cc1F. The molecule has 4 N–H and O–H groups in total. The van der Waals surface area contributed by atoms with E-state index in [4.69, 9.17) is 16.2 Å². The van der Waals surface area contributed by atoms with Crippen molar-refractivity contribution in [2.75, 3.05) is 5.73 Å². The van der Waals surface area contributed by atoms with Gasteiger partial charge in [-0.25, -0.2) is 4.39 Å². The Kier molecular flexibility index (Phi) is 3.37. The summed E-state index contributed by atoms with van der Waals surface area (Å²) < 4.78 is 18.9. The van der Waals surface area contributed by atoms with E-state index in [0.717, 1.165) is 0 Å². The van der Waals surface area contributed by atoms with Gasteiger partial charge in [0.15, 0.2) is 5.75 Å². The minimum absolute atomic E-state index is 0.137. The van der Waals surface area contributed by atoms with Crippen LogP contribution in [0.1, 0.15) is 15.9 Å². The molecule has 0 heterocycles. The molecular weight excluding hydrogens is 247 g/mol. The third-order valence-electron chi connectivity index (χ3n) is 2.67. The van der Waals surface area contributed by atoms with Crippen molar-refractivity contribution in [3.8, 4) is 11.5 Å². The maximum atomic E-state index is 13.4. The molecule has 1 amide bonds. The number of hydrogen-bond acceptors (Lipinski definition) is 3. The number of rotatable bonds is 3. The molecule has 19 heavy (non-hydrogen) atoms. The third kappa shape index (κ3) is 2.65. The van der Waals surface area contributed by atoms with Crippen LogP contribution in [0.15, 0.2) is 36.4 Å². The van der Waals surface area contributed by atoms with Gasteiger partial charge < -0.3 is 16.2 Å². The van der Waals surface area contributed by atoms with E-state index >= 15 is 0 Å². The number of ether oxygens (including phenoxy) is 1. The number of hydrogen-bond donors (Lipinski definition) is 2. The van der Waals surface area contributed by atoms with E-state index in [1.165, 1.54) is 12.1 Å². The zero-order chi connectivity index (χ0) is 14.0. The van der Waals surface area contributed by atoms with Crippen molar-refractivity contribution in [1.82, 2.24) is 0 Å². The standard InChI is InChI=1S/C14H13FN2O2/c1-8-5-6-9(7-11(8)15)19-13-10(14(17)18)3-2-4-12(13)16/h2-7H,16H2,1H3,(H2,17,18). The number of primary amides is 1. The summed E-state index contributed by atoms with van der Waals surface area (Å²) in [6.45, 7) is 1.64.